The number of ketones is 1. The van der Waals surface area contributed by atoms with Gasteiger partial charge in [-0.3, -0.25) is 4.79 Å². The number of rotatable bonds is 3. The normalized spacial score (nSPS) is 11.4. The van der Waals surface area contributed by atoms with E-state index in [0.717, 1.165) is 0 Å². The first-order valence-electron chi connectivity index (χ1n) is 5.26. The SMILES string of the molecule is O=C(/C(=N\O)c1ccnc(Br)c1)c1ccc(F)cc1. The Morgan fingerprint density at radius 3 is 2.47 bits per heavy atom. The Kier molecular flexibility index (Phi) is 4.01. The Hall–Kier alpha value is -2.08. The number of halogens is 2. The van der Waals surface area contributed by atoms with Gasteiger partial charge < -0.3 is 5.21 Å². The third-order valence-corrected chi connectivity index (χ3v) is 2.86. The quantitative estimate of drug-likeness (QED) is 0.310. The molecule has 2 rings (SSSR count). The van der Waals surface area contributed by atoms with Gasteiger partial charge in [0, 0.05) is 17.3 Å². The smallest absolute Gasteiger partial charge is 0.215 e. The van der Waals surface area contributed by atoms with Gasteiger partial charge in [0.1, 0.15) is 10.4 Å². The lowest BCUT2D eigenvalue weighted by atomic mass is 10.0. The van der Waals surface area contributed by atoms with Crippen molar-refractivity contribution in [1.29, 1.82) is 0 Å². The number of Topliss-reactive ketones (excluding diaryl/α,β-unsaturated/α-hetero) is 1. The molecule has 1 aromatic heterocycles. The second kappa shape index (κ2) is 5.71. The van der Waals surface area contributed by atoms with E-state index in [1.165, 1.54) is 30.5 Å². The average molecular weight is 323 g/mol. The predicted octanol–water partition coefficient (Wildman–Crippen LogP) is 3.04. The molecule has 0 spiro atoms. The molecule has 0 bridgehead atoms. The minimum Gasteiger partial charge on any atom is -0.410 e. The van der Waals surface area contributed by atoms with Gasteiger partial charge in [-0.2, -0.15) is 0 Å². The van der Waals surface area contributed by atoms with Gasteiger partial charge in [-0.1, -0.05) is 5.16 Å². The summed E-state index contributed by atoms with van der Waals surface area (Å²) in [6.07, 6.45) is 1.47. The standard InChI is InChI=1S/C13H8BrFN2O2/c14-11-7-9(5-6-16-11)12(17-19)13(18)8-1-3-10(15)4-2-8/h1-7,19H/b17-12-. The Balaban J connectivity index is 2.38. The number of oxime groups is 1. The van der Waals surface area contributed by atoms with Crippen LogP contribution in [-0.2, 0) is 0 Å². The van der Waals surface area contributed by atoms with E-state index in [0.29, 0.717) is 10.2 Å². The number of hydrogen-bond acceptors (Lipinski definition) is 4. The van der Waals surface area contributed by atoms with Gasteiger partial charge in [-0.25, -0.2) is 9.37 Å². The van der Waals surface area contributed by atoms with E-state index >= 15 is 0 Å². The van der Waals surface area contributed by atoms with E-state index in [9.17, 15) is 9.18 Å². The molecule has 0 saturated carbocycles. The largest absolute Gasteiger partial charge is 0.410 e. The highest BCUT2D eigenvalue weighted by molar-refractivity contribution is 9.10. The summed E-state index contributed by atoms with van der Waals surface area (Å²) in [5.41, 5.74) is 0.524. The molecular formula is C13H8BrFN2O2. The lowest BCUT2D eigenvalue weighted by Gasteiger charge is -2.04. The van der Waals surface area contributed by atoms with E-state index in [-0.39, 0.29) is 11.3 Å². The number of aromatic nitrogens is 1. The molecule has 0 amide bonds. The highest BCUT2D eigenvalue weighted by Gasteiger charge is 2.17. The fourth-order valence-electron chi connectivity index (χ4n) is 1.52. The van der Waals surface area contributed by atoms with E-state index < -0.39 is 11.6 Å². The highest BCUT2D eigenvalue weighted by atomic mass is 79.9. The number of carbonyl (C=O) groups excluding carboxylic acids is 1. The zero-order valence-electron chi connectivity index (χ0n) is 9.55. The molecule has 0 unspecified atom stereocenters. The number of nitrogens with zero attached hydrogens (tertiary/aromatic N) is 2. The molecule has 0 fully saturated rings. The minimum absolute atomic E-state index is 0.130. The lowest BCUT2D eigenvalue weighted by Crippen LogP contribution is -2.16. The summed E-state index contributed by atoms with van der Waals surface area (Å²) < 4.78 is 13.3. The topological polar surface area (TPSA) is 62.5 Å². The lowest BCUT2D eigenvalue weighted by molar-refractivity contribution is 0.106. The van der Waals surface area contributed by atoms with Gasteiger partial charge in [0.25, 0.3) is 0 Å². The van der Waals surface area contributed by atoms with Crippen molar-refractivity contribution in [3.63, 3.8) is 0 Å². The van der Waals surface area contributed by atoms with Crippen LogP contribution in [0.5, 0.6) is 0 Å². The molecule has 0 atom stereocenters. The van der Waals surface area contributed by atoms with Gasteiger partial charge in [-0.05, 0) is 52.3 Å². The van der Waals surface area contributed by atoms with Gasteiger partial charge in [0.2, 0.25) is 5.78 Å². The average Bonchev–Trinajstić information content (AvgIpc) is 2.40. The molecule has 6 heteroatoms. The number of carbonyl (C=O) groups is 1. The van der Waals surface area contributed by atoms with Gasteiger partial charge in [-0.15, -0.1) is 0 Å². The Labute approximate surface area is 116 Å². The molecule has 1 heterocycles. The first-order valence-corrected chi connectivity index (χ1v) is 6.05. The Morgan fingerprint density at radius 1 is 1.21 bits per heavy atom. The number of benzene rings is 1. The van der Waals surface area contributed by atoms with Crippen LogP contribution in [0.25, 0.3) is 0 Å². The third kappa shape index (κ3) is 3.03. The summed E-state index contributed by atoms with van der Waals surface area (Å²) in [5, 5.41) is 12.0. The van der Waals surface area contributed by atoms with Crippen molar-refractivity contribution in [2.75, 3.05) is 0 Å². The van der Waals surface area contributed by atoms with Crippen molar-refractivity contribution in [2.24, 2.45) is 5.16 Å². The van der Waals surface area contributed by atoms with E-state index in [1.54, 1.807) is 12.1 Å². The maximum atomic E-state index is 12.8. The van der Waals surface area contributed by atoms with Crippen molar-refractivity contribution < 1.29 is 14.4 Å². The first kappa shape index (κ1) is 13.4. The summed E-state index contributed by atoms with van der Waals surface area (Å²) in [4.78, 5) is 16.1. The summed E-state index contributed by atoms with van der Waals surface area (Å²) in [6, 6.07) is 8.10. The molecule has 0 aliphatic carbocycles. The first-order chi connectivity index (χ1) is 9.11. The molecule has 0 aliphatic rings. The zero-order valence-corrected chi connectivity index (χ0v) is 11.1. The monoisotopic (exact) mass is 322 g/mol. The van der Waals surface area contributed by atoms with E-state index in [4.69, 9.17) is 5.21 Å². The van der Waals surface area contributed by atoms with E-state index in [2.05, 4.69) is 26.1 Å². The van der Waals surface area contributed by atoms with Crippen LogP contribution in [0.4, 0.5) is 4.39 Å². The molecule has 2 aromatic rings. The molecule has 0 aliphatic heterocycles. The number of pyridine rings is 1. The van der Waals surface area contributed by atoms with Crippen molar-refractivity contribution in [1.82, 2.24) is 4.98 Å². The molecule has 19 heavy (non-hydrogen) atoms. The van der Waals surface area contributed by atoms with Crippen molar-refractivity contribution in [3.05, 3.63) is 64.1 Å². The second-order valence-corrected chi connectivity index (χ2v) is 4.46. The predicted molar refractivity (Wildman–Crippen MR) is 71.0 cm³/mol. The van der Waals surface area contributed by atoms with Gasteiger partial charge in [0.05, 0.1) is 0 Å². The molecule has 96 valence electrons. The second-order valence-electron chi connectivity index (χ2n) is 3.65. The molecular weight excluding hydrogens is 315 g/mol. The van der Waals surface area contributed by atoms with Gasteiger partial charge in [0.15, 0.2) is 5.71 Å². The fraction of sp³-hybridized carbons (Fsp3) is 0. The van der Waals surface area contributed by atoms with Crippen LogP contribution < -0.4 is 0 Å². The maximum absolute atomic E-state index is 12.8. The fourth-order valence-corrected chi connectivity index (χ4v) is 1.89. The van der Waals surface area contributed by atoms with Crippen LogP contribution in [-0.4, -0.2) is 21.7 Å². The highest BCUT2D eigenvalue weighted by Crippen LogP contribution is 2.13. The van der Waals surface area contributed by atoms with Crippen LogP contribution in [0.2, 0.25) is 0 Å². The summed E-state index contributed by atoms with van der Waals surface area (Å²) in [5.74, 6) is -0.939. The third-order valence-electron chi connectivity index (χ3n) is 2.42. The zero-order chi connectivity index (χ0) is 13.8. The van der Waals surface area contributed by atoms with Gasteiger partial charge >= 0.3 is 0 Å². The maximum Gasteiger partial charge on any atom is 0.215 e. The van der Waals surface area contributed by atoms with Crippen molar-refractivity contribution in [3.8, 4) is 0 Å². The Bertz CT molecular complexity index is 641. The summed E-state index contributed by atoms with van der Waals surface area (Å²) in [7, 11) is 0. The minimum atomic E-state index is -0.499. The number of hydrogen-bond donors (Lipinski definition) is 1. The van der Waals surface area contributed by atoms with Crippen LogP contribution in [0, 0.1) is 5.82 Å². The molecule has 1 N–H and O–H groups in total. The van der Waals surface area contributed by atoms with Crippen molar-refractivity contribution in [2.45, 2.75) is 0 Å². The van der Waals surface area contributed by atoms with Crippen LogP contribution in [0.3, 0.4) is 0 Å². The summed E-state index contributed by atoms with van der Waals surface area (Å²) >= 11 is 3.17. The van der Waals surface area contributed by atoms with Crippen LogP contribution in [0.15, 0.2) is 52.4 Å². The van der Waals surface area contributed by atoms with E-state index in [1.807, 2.05) is 0 Å². The van der Waals surface area contributed by atoms with Crippen molar-refractivity contribution >= 4 is 27.4 Å². The molecule has 4 nitrogen and oxygen atoms in total. The summed E-state index contributed by atoms with van der Waals surface area (Å²) in [6.45, 7) is 0. The Morgan fingerprint density at radius 2 is 1.89 bits per heavy atom. The molecule has 0 saturated heterocycles. The molecule has 1 aromatic carbocycles. The van der Waals surface area contributed by atoms with Crippen LogP contribution in [0.1, 0.15) is 15.9 Å². The molecule has 0 radical (unpaired) electrons. The van der Waals surface area contributed by atoms with Crippen LogP contribution >= 0.6 is 15.9 Å².